The Morgan fingerprint density at radius 2 is 1.77 bits per heavy atom. The maximum Gasteiger partial charge on any atom is 0.246 e. The quantitative estimate of drug-likeness (QED) is 0.373. The standard InChI is InChI=1S/C25H39N5O5/c1-23(2,3)16(29-21(34)12-6-7-12)22(35)30-11-15-24(4,5)25(15,17(30)19(27)32)14(18(26)31)10-13-8-9-28-20(13)33/h12-17H,6-11H2,1-5H3,(H2,26,31)(H2,27,32)(H,28,33)(H,29,34)/t13-,14-,15?,16-,17?,25?/m1/s1. The summed E-state index contributed by atoms with van der Waals surface area (Å²) < 4.78 is 0. The van der Waals surface area contributed by atoms with E-state index in [2.05, 4.69) is 10.6 Å². The fourth-order valence-corrected chi connectivity index (χ4v) is 7.03. The maximum absolute atomic E-state index is 13.9. The molecular weight excluding hydrogens is 450 g/mol. The number of nitrogens with one attached hydrogen (secondary N) is 2. The van der Waals surface area contributed by atoms with Gasteiger partial charge in [-0.25, -0.2) is 0 Å². The van der Waals surface area contributed by atoms with Gasteiger partial charge in [-0.1, -0.05) is 34.6 Å². The molecule has 6 atom stereocenters. The monoisotopic (exact) mass is 489 g/mol. The van der Waals surface area contributed by atoms with Crippen LogP contribution in [0.1, 0.15) is 60.3 Å². The third-order valence-electron chi connectivity index (χ3n) is 9.13. The Morgan fingerprint density at radius 3 is 2.23 bits per heavy atom. The zero-order chi connectivity index (χ0) is 26.1. The highest BCUT2D eigenvalue weighted by molar-refractivity contribution is 5.95. The van der Waals surface area contributed by atoms with E-state index in [4.69, 9.17) is 11.5 Å². The molecule has 0 bridgehead atoms. The molecule has 10 nitrogen and oxygen atoms in total. The summed E-state index contributed by atoms with van der Waals surface area (Å²) in [6, 6.07) is -1.90. The van der Waals surface area contributed by atoms with Crippen molar-refractivity contribution in [3.05, 3.63) is 0 Å². The zero-order valence-corrected chi connectivity index (χ0v) is 21.3. The van der Waals surface area contributed by atoms with E-state index in [9.17, 15) is 24.0 Å². The Balaban J connectivity index is 1.69. The number of nitrogens with two attached hydrogens (primary N) is 2. The number of fused-ring (bicyclic) bond motifs is 1. The molecule has 5 amide bonds. The average molecular weight is 490 g/mol. The summed E-state index contributed by atoms with van der Waals surface area (Å²) in [4.78, 5) is 66.1. The Labute approximate surface area is 206 Å². The molecule has 4 fully saturated rings. The largest absolute Gasteiger partial charge is 0.369 e. The Bertz CT molecular complexity index is 968. The van der Waals surface area contributed by atoms with Crippen molar-refractivity contribution in [2.45, 2.75) is 72.4 Å². The molecule has 35 heavy (non-hydrogen) atoms. The van der Waals surface area contributed by atoms with Crippen molar-refractivity contribution < 1.29 is 24.0 Å². The molecule has 2 saturated carbocycles. The van der Waals surface area contributed by atoms with Crippen LogP contribution in [0.2, 0.25) is 0 Å². The van der Waals surface area contributed by atoms with Gasteiger partial charge in [-0.15, -0.1) is 0 Å². The normalized spacial score (nSPS) is 32.9. The Morgan fingerprint density at radius 1 is 1.14 bits per heavy atom. The first-order valence-corrected chi connectivity index (χ1v) is 12.6. The van der Waals surface area contributed by atoms with Crippen LogP contribution in [0.25, 0.3) is 0 Å². The van der Waals surface area contributed by atoms with Crippen molar-refractivity contribution in [2.24, 2.45) is 51.4 Å². The van der Waals surface area contributed by atoms with Gasteiger partial charge in [0.05, 0.1) is 0 Å². The second-order valence-electron chi connectivity index (χ2n) is 12.6. The number of piperidine rings is 1. The zero-order valence-electron chi connectivity index (χ0n) is 21.3. The number of likely N-dealkylation sites (tertiary alicyclic amines) is 1. The first-order valence-electron chi connectivity index (χ1n) is 12.6. The number of hydrogen-bond donors (Lipinski definition) is 4. The molecule has 10 heteroatoms. The van der Waals surface area contributed by atoms with Gasteiger partial charge >= 0.3 is 0 Å². The van der Waals surface area contributed by atoms with E-state index in [-0.39, 0.29) is 48.4 Å². The van der Waals surface area contributed by atoms with Gasteiger partial charge in [0.15, 0.2) is 0 Å². The van der Waals surface area contributed by atoms with E-state index in [1.807, 2.05) is 34.6 Å². The van der Waals surface area contributed by atoms with E-state index in [0.717, 1.165) is 12.8 Å². The Kier molecular flexibility index (Phi) is 5.96. The van der Waals surface area contributed by atoms with Crippen LogP contribution < -0.4 is 22.1 Å². The van der Waals surface area contributed by atoms with Crippen LogP contribution >= 0.6 is 0 Å². The second-order valence-corrected chi connectivity index (χ2v) is 12.6. The van der Waals surface area contributed by atoms with Gasteiger partial charge in [-0.3, -0.25) is 24.0 Å². The third-order valence-corrected chi connectivity index (χ3v) is 9.13. The predicted molar refractivity (Wildman–Crippen MR) is 127 cm³/mol. The molecule has 3 unspecified atom stereocenters. The third kappa shape index (κ3) is 3.89. The summed E-state index contributed by atoms with van der Waals surface area (Å²) in [5.74, 6) is -3.37. The smallest absolute Gasteiger partial charge is 0.246 e. The highest BCUT2D eigenvalue weighted by Crippen LogP contribution is 2.78. The maximum atomic E-state index is 13.9. The summed E-state index contributed by atoms with van der Waals surface area (Å²) in [5, 5.41) is 5.70. The minimum absolute atomic E-state index is 0.0753. The van der Waals surface area contributed by atoms with Crippen molar-refractivity contribution in [1.82, 2.24) is 15.5 Å². The number of primary amides is 2. The molecule has 2 saturated heterocycles. The lowest BCUT2D eigenvalue weighted by molar-refractivity contribution is -0.148. The van der Waals surface area contributed by atoms with Crippen molar-refractivity contribution in [3.63, 3.8) is 0 Å². The molecule has 0 aromatic carbocycles. The average Bonchev–Trinajstić information content (AvgIpc) is 3.54. The summed E-state index contributed by atoms with van der Waals surface area (Å²) in [7, 11) is 0. The van der Waals surface area contributed by atoms with Gasteiger partial charge in [0.25, 0.3) is 0 Å². The van der Waals surface area contributed by atoms with E-state index >= 15 is 0 Å². The first-order chi connectivity index (χ1) is 16.2. The molecule has 2 aliphatic carbocycles. The van der Waals surface area contributed by atoms with Gasteiger partial charge in [-0.05, 0) is 42.4 Å². The van der Waals surface area contributed by atoms with E-state index in [1.165, 1.54) is 4.90 Å². The van der Waals surface area contributed by atoms with Crippen LogP contribution in [0, 0.1) is 39.9 Å². The lowest BCUT2D eigenvalue weighted by atomic mass is 9.71. The lowest BCUT2D eigenvalue weighted by Crippen LogP contribution is -2.61. The van der Waals surface area contributed by atoms with Crippen LogP contribution in [-0.2, 0) is 24.0 Å². The molecule has 2 heterocycles. The van der Waals surface area contributed by atoms with Crippen LogP contribution in [-0.4, -0.2) is 59.6 Å². The van der Waals surface area contributed by atoms with Crippen LogP contribution in [0.5, 0.6) is 0 Å². The molecule has 6 N–H and O–H groups in total. The molecule has 4 rings (SSSR count). The van der Waals surface area contributed by atoms with E-state index < -0.39 is 46.1 Å². The minimum atomic E-state index is -1.06. The molecule has 194 valence electrons. The summed E-state index contributed by atoms with van der Waals surface area (Å²) in [5.41, 5.74) is 9.81. The minimum Gasteiger partial charge on any atom is -0.369 e. The molecule has 0 radical (unpaired) electrons. The summed E-state index contributed by atoms with van der Waals surface area (Å²) in [6.07, 6.45) is 2.42. The van der Waals surface area contributed by atoms with Gasteiger partial charge in [0, 0.05) is 36.3 Å². The molecule has 0 aromatic rings. The number of carbonyl (C=O) groups excluding carboxylic acids is 5. The number of nitrogens with zero attached hydrogens (tertiary/aromatic N) is 1. The number of rotatable bonds is 8. The number of amides is 5. The van der Waals surface area contributed by atoms with Crippen LogP contribution in [0.3, 0.4) is 0 Å². The fourth-order valence-electron chi connectivity index (χ4n) is 7.03. The topological polar surface area (TPSA) is 165 Å². The van der Waals surface area contributed by atoms with Gasteiger partial charge in [0.2, 0.25) is 29.5 Å². The van der Waals surface area contributed by atoms with Crippen molar-refractivity contribution in [2.75, 3.05) is 13.1 Å². The Hall–Kier alpha value is -2.65. The van der Waals surface area contributed by atoms with Gasteiger partial charge < -0.3 is 27.0 Å². The van der Waals surface area contributed by atoms with E-state index in [0.29, 0.717) is 13.0 Å². The predicted octanol–water partition coefficient (Wildman–Crippen LogP) is -0.106. The first kappa shape index (κ1) is 25.4. The molecule has 0 spiro atoms. The van der Waals surface area contributed by atoms with Crippen molar-refractivity contribution in [3.8, 4) is 0 Å². The summed E-state index contributed by atoms with van der Waals surface area (Å²) in [6.45, 7) is 10.3. The van der Waals surface area contributed by atoms with Gasteiger partial charge in [-0.2, -0.15) is 0 Å². The second kappa shape index (κ2) is 8.20. The lowest BCUT2D eigenvalue weighted by Gasteiger charge is -2.41. The molecule has 0 aromatic heterocycles. The van der Waals surface area contributed by atoms with Crippen molar-refractivity contribution >= 4 is 29.5 Å². The number of carbonyl (C=O) groups is 5. The highest BCUT2D eigenvalue weighted by atomic mass is 16.2. The van der Waals surface area contributed by atoms with Gasteiger partial charge in [0.1, 0.15) is 12.1 Å². The molecule has 2 aliphatic heterocycles. The van der Waals surface area contributed by atoms with Crippen LogP contribution in [0.15, 0.2) is 0 Å². The SMILES string of the molecule is CC(C)(C)[C@H](NC(=O)C1CC1)C(=O)N1CC2C(C)(C)C2([C@H](C[C@H]2CCNC2=O)C(N)=O)C1C(N)=O. The highest BCUT2D eigenvalue weighted by Gasteiger charge is 2.83. The fraction of sp³-hybridized carbons (Fsp3) is 0.800. The van der Waals surface area contributed by atoms with E-state index in [1.54, 1.807) is 0 Å². The molecular formula is C25H39N5O5. The summed E-state index contributed by atoms with van der Waals surface area (Å²) >= 11 is 0. The number of hydrogen-bond acceptors (Lipinski definition) is 5. The van der Waals surface area contributed by atoms with Crippen molar-refractivity contribution in [1.29, 1.82) is 0 Å². The van der Waals surface area contributed by atoms with Crippen LogP contribution in [0.4, 0.5) is 0 Å². The molecule has 4 aliphatic rings.